The van der Waals surface area contributed by atoms with Crippen LogP contribution in [0, 0.1) is 18.3 Å². The fourth-order valence-electron chi connectivity index (χ4n) is 3.55. The third kappa shape index (κ3) is 3.37. The lowest BCUT2D eigenvalue weighted by Gasteiger charge is -2.24. The molecule has 2 aromatic heterocycles. The van der Waals surface area contributed by atoms with Crippen LogP contribution in [0.15, 0.2) is 30.5 Å². The minimum atomic E-state index is -0.249. The highest BCUT2D eigenvalue weighted by molar-refractivity contribution is 5.75. The summed E-state index contributed by atoms with van der Waals surface area (Å²) in [5.41, 5.74) is 10.9. The van der Waals surface area contributed by atoms with Crippen molar-refractivity contribution in [2.45, 2.75) is 26.5 Å². The summed E-state index contributed by atoms with van der Waals surface area (Å²) in [6.07, 6.45) is 1.35. The molecule has 1 aromatic carbocycles. The molecule has 2 bridgehead atoms. The number of benzene rings is 1. The van der Waals surface area contributed by atoms with Crippen molar-refractivity contribution in [3.05, 3.63) is 52.8 Å². The van der Waals surface area contributed by atoms with Crippen molar-refractivity contribution in [3.63, 3.8) is 0 Å². The zero-order valence-corrected chi connectivity index (χ0v) is 16.8. The van der Waals surface area contributed by atoms with E-state index in [1.807, 2.05) is 20.9 Å². The lowest BCUT2D eigenvalue weighted by atomic mass is 10.00. The molecule has 2 N–H and O–H groups in total. The molecule has 29 heavy (non-hydrogen) atoms. The van der Waals surface area contributed by atoms with Crippen LogP contribution < -0.4 is 15.3 Å². The topological polar surface area (TPSA) is 102 Å². The molecule has 3 aromatic rings. The lowest BCUT2D eigenvalue weighted by molar-refractivity contribution is -0.0449. The first-order valence-electron chi connectivity index (χ1n) is 9.25. The van der Waals surface area contributed by atoms with Crippen LogP contribution in [0.25, 0.3) is 11.1 Å². The highest BCUT2D eigenvalue weighted by Crippen LogP contribution is 2.38. The molecule has 0 aliphatic carbocycles. The van der Waals surface area contributed by atoms with E-state index in [4.69, 9.17) is 15.3 Å². The number of anilines is 1. The number of nitrogen functional groups attached to an aromatic ring is 1. The van der Waals surface area contributed by atoms with Gasteiger partial charge in [0, 0.05) is 25.9 Å². The normalized spacial score (nSPS) is 16.3. The fraction of sp³-hybridized carbons (Fsp3) is 0.286. The predicted molar refractivity (Wildman–Crippen MR) is 108 cm³/mol. The monoisotopic (exact) mass is 390 g/mol. The Morgan fingerprint density at radius 2 is 2.07 bits per heavy atom. The minimum Gasteiger partial charge on any atom is -0.482 e. The lowest BCUT2D eigenvalue weighted by Crippen LogP contribution is -2.24. The molecular formula is C21H22N6O2. The molecule has 1 atom stereocenters. The van der Waals surface area contributed by atoms with E-state index in [0.29, 0.717) is 35.0 Å². The Morgan fingerprint density at radius 1 is 1.28 bits per heavy atom. The molecule has 0 amide bonds. The summed E-state index contributed by atoms with van der Waals surface area (Å²) in [6.45, 7) is 4.54. The van der Waals surface area contributed by atoms with Gasteiger partial charge in [-0.25, -0.2) is 4.98 Å². The zero-order valence-electron chi connectivity index (χ0n) is 16.8. The molecule has 0 fully saturated rings. The van der Waals surface area contributed by atoms with E-state index in [9.17, 15) is 5.26 Å². The van der Waals surface area contributed by atoms with Crippen molar-refractivity contribution in [2.24, 2.45) is 7.05 Å². The van der Waals surface area contributed by atoms with Gasteiger partial charge in [-0.3, -0.25) is 4.68 Å². The molecule has 0 spiro atoms. The quantitative estimate of drug-likeness (QED) is 0.629. The largest absolute Gasteiger partial charge is 0.482 e. The minimum absolute atomic E-state index is 0.249. The van der Waals surface area contributed by atoms with Crippen molar-refractivity contribution in [3.8, 4) is 28.8 Å². The maximum atomic E-state index is 9.65. The summed E-state index contributed by atoms with van der Waals surface area (Å²) in [6, 6.07) is 10.2. The van der Waals surface area contributed by atoms with E-state index >= 15 is 0 Å². The molecule has 0 radical (unpaired) electrons. The van der Waals surface area contributed by atoms with E-state index in [2.05, 4.69) is 34.4 Å². The van der Waals surface area contributed by atoms with Gasteiger partial charge in [-0.05, 0) is 31.0 Å². The van der Waals surface area contributed by atoms with Crippen LogP contribution in [0.5, 0.6) is 11.6 Å². The van der Waals surface area contributed by atoms with Gasteiger partial charge in [-0.15, -0.1) is 10.2 Å². The first-order valence-corrected chi connectivity index (χ1v) is 9.25. The summed E-state index contributed by atoms with van der Waals surface area (Å²) in [7, 11) is 3.54. The number of fused-ring (bicyclic) bond motifs is 5. The Kier molecular flexibility index (Phi) is 4.60. The van der Waals surface area contributed by atoms with Gasteiger partial charge in [-0.1, -0.05) is 23.8 Å². The van der Waals surface area contributed by atoms with Gasteiger partial charge in [-0.2, -0.15) is 5.26 Å². The molecule has 3 heterocycles. The number of aromatic nitrogens is 3. The van der Waals surface area contributed by atoms with E-state index in [0.717, 1.165) is 16.7 Å². The second-order valence-corrected chi connectivity index (χ2v) is 7.21. The summed E-state index contributed by atoms with van der Waals surface area (Å²) in [5.74, 6) is 1.07. The number of ether oxygens (including phenoxy) is 1. The standard InChI is InChI=1S/C21H22N6O2/c1-12-5-6-14-11-26(3)29-21-19(17(9-22)27(4)25-21)15-8-18(20(23)24-10-15)28-13(2)16(14)7-12/h5-8,10,13H,11H2,1-4H3,(H2,23,24)/t13-/m1/s1. The van der Waals surface area contributed by atoms with E-state index < -0.39 is 0 Å². The Bertz CT molecular complexity index is 1130. The average molecular weight is 390 g/mol. The van der Waals surface area contributed by atoms with Gasteiger partial charge in [0.25, 0.3) is 5.88 Å². The third-order valence-corrected chi connectivity index (χ3v) is 4.97. The highest BCUT2D eigenvalue weighted by Gasteiger charge is 2.25. The predicted octanol–water partition coefficient (Wildman–Crippen LogP) is 3.12. The van der Waals surface area contributed by atoms with Gasteiger partial charge in [0.2, 0.25) is 0 Å². The molecule has 8 nitrogen and oxygen atoms in total. The van der Waals surface area contributed by atoms with E-state index in [1.54, 1.807) is 24.4 Å². The number of hydrogen-bond acceptors (Lipinski definition) is 7. The van der Waals surface area contributed by atoms with Crippen LogP contribution in [-0.2, 0) is 13.6 Å². The average Bonchev–Trinajstić information content (AvgIpc) is 2.98. The van der Waals surface area contributed by atoms with Crippen LogP contribution in [-0.4, -0.2) is 26.9 Å². The smallest absolute Gasteiger partial charge is 0.265 e. The van der Waals surface area contributed by atoms with Crippen molar-refractivity contribution in [1.29, 1.82) is 5.26 Å². The Labute approximate surface area is 169 Å². The number of nitrogens with zero attached hydrogens (tertiary/aromatic N) is 5. The third-order valence-electron chi connectivity index (χ3n) is 4.97. The van der Waals surface area contributed by atoms with Gasteiger partial charge >= 0.3 is 0 Å². The number of nitrogens with two attached hydrogens (primary N) is 1. The SMILES string of the molecule is Cc1ccc2c(c1)[C@@H](C)Oc1cc(cnc1N)-c1c(nn(C)c1C#N)ON(C)C2. The highest BCUT2D eigenvalue weighted by atomic mass is 16.7. The zero-order chi connectivity index (χ0) is 20.7. The molecule has 148 valence electrons. The summed E-state index contributed by atoms with van der Waals surface area (Å²) in [5, 5.41) is 15.7. The second-order valence-electron chi connectivity index (χ2n) is 7.21. The van der Waals surface area contributed by atoms with Crippen LogP contribution in [0.1, 0.15) is 35.4 Å². The van der Waals surface area contributed by atoms with Gasteiger partial charge in [0.15, 0.2) is 11.6 Å². The van der Waals surface area contributed by atoms with Crippen molar-refractivity contribution in [1.82, 2.24) is 19.8 Å². The first kappa shape index (κ1) is 18.8. The molecule has 1 aliphatic rings. The maximum absolute atomic E-state index is 9.65. The Hall–Kier alpha value is -3.57. The summed E-state index contributed by atoms with van der Waals surface area (Å²) in [4.78, 5) is 10.3. The van der Waals surface area contributed by atoms with Crippen LogP contribution in [0.3, 0.4) is 0 Å². The molecule has 0 saturated carbocycles. The van der Waals surface area contributed by atoms with Gasteiger partial charge in [0.1, 0.15) is 17.9 Å². The Morgan fingerprint density at radius 3 is 2.83 bits per heavy atom. The number of pyridine rings is 1. The molecule has 0 unspecified atom stereocenters. The van der Waals surface area contributed by atoms with Gasteiger partial charge in [0.05, 0.1) is 12.1 Å². The number of nitriles is 1. The Balaban J connectivity index is 1.93. The van der Waals surface area contributed by atoms with E-state index in [1.165, 1.54) is 4.68 Å². The molecule has 0 saturated heterocycles. The number of aryl methyl sites for hydroxylation is 2. The fourth-order valence-corrected chi connectivity index (χ4v) is 3.55. The molecular weight excluding hydrogens is 368 g/mol. The van der Waals surface area contributed by atoms with Crippen LogP contribution >= 0.6 is 0 Å². The second kappa shape index (κ2) is 7.11. The van der Waals surface area contributed by atoms with Crippen LogP contribution in [0.4, 0.5) is 5.82 Å². The number of hydroxylamine groups is 2. The number of hydrogen-bond donors (Lipinski definition) is 1. The summed E-state index contributed by atoms with van der Waals surface area (Å²) >= 11 is 0. The molecule has 4 rings (SSSR count). The van der Waals surface area contributed by atoms with Gasteiger partial charge < -0.3 is 15.3 Å². The van der Waals surface area contributed by atoms with Crippen molar-refractivity contribution >= 4 is 5.82 Å². The number of rotatable bonds is 0. The van der Waals surface area contributed by atoms with Crippen molar-refractivity contribution in [2.75, 3.05) is 12.8 Å². The van der Waals surface area contributed by atoms with Crippen LogP contribution in [0.2, 0.25) is 0 Å². The first-order chi connectivity index (χ1) is 13.9. The maximum Gasteiger partial charge on any atom is 0.265 e. The summed E-state index contributed by atoms with van der Waals surface area (Å²) < 4.78 is 7.71. The van der Waals surface area contributed by atoms with Crippen molar-refractivity contribution < 1.29 is 9.57 Å². The molecule has 8 heteroatoms. The molecule has 1 aliphatic heterocycles. The van der Waals surface area contributed by atoms with E-state index in [-0.39, 0.29) is 11.9 Å².